The molecule has 0 radical (unpaired) electrons. The average Bonchev–Trinajstić information content (AvgIpc) is 2.83. The van der Waals surface area contributed by atoms with Crippen molar-refractivity contribution in [3.63, 3.8) is 0 Å². The Morgan fingerprint density at radius 1 is 1.31 bits per heavy atom. The number of furan rings is 1. The second-order valence-electron chi connectivity index (χ2n) is 4.16. The van der Waals surface area contributed by atoms with Crippen molar-refractivity contribution in [3.05, 3.63) is 24.2 Å². The molecular weight excluding hydrogens is 200 g/mol. The van der Waals surface area contributed by atoms with Gasteiger partial charge in [-0.25, -0.2) is 0 Å². The van der Waals surface area contributed by atoms with Gasteiger partial charge in [-0.15, -0.1) is 0 Å². The van der Waals surface area contributed by atoms with Crippen molar-refractivity contribution >= 4 is 0 Å². The fraction of sp³-hybridized carbons (Fsp3) is 0.571. The second-order valence-corrected chi connectivity index (χ2v) is 4.16. The normalized spacial score (nSPS) is 16.8. The summed E-state index contributed by atoms with van der Waals surface area (Å²) in [6, 6.07) is 3.72. The third-order valence-electron chi connectivity index (χ3n) is 2.87. The largest absolute Gasteiger partial charge is 0.456 e. The summed E-state index contributed by atoms with van der Waals surface area (Å²) in [7, 11) is 0. The smallest absolute Gasteiger partial charge is 0.176 e. The predicted octanol–water partition coefficient (Wildman–Crippen LogP) is 3.37. The van der Waals surface area contributed by atoms with E-state index in [-0.39, 0.29) is 0 Å². The Balaban J connectivity index is 1.61. The zero-order chi connectivity index (χ0) is 11.1. The molecule has 2 nitrogen and oxygen atoms in total. The zero-order valence-electron chi connectivity index (χ0n) is 9.58. The predicted molar refractivity (Wildman–Crippen MR) is 63.0 cm³/mol. The van der Waals surface area contributed by atoms with Crippen molar-refractivity contribution in [3.8, 4) is 11.8 Å². The van der Waals surface area contributed by atoms with Crippen molar-refractivity contribution in [2.24, 2.45) is 0 Å². The highest BCUT2D eigenvalue weighted by Gasteiger charge is 2.12. The van der Waals surface area contributed by atoms with Crippen LogP contribution in [-0.2, 0) is 4.74 Å². The Kier molecular flexibility index (Phi) is 4.51. The van der Waals surface area contributed by atoms with E-state index in [1.54, 1.807) is 6.26 Å². The van der Waals surface area contributed by atoms with Gasteiger partial charge in [0.05, 0.1) is 19.0 Å². The molecule has 0 amide bonds. The molecule has 1 aliphatic rings. The maximum absolute atomic E-state index is 5.77. The van der Waals surface area contributed by atoms with Crippen molar-refractivity contribution in [2.75, 3.05) is 6.61 Å². The number of hydrogen-bond acceptors (Lipinski definition) is 2. The van der Waals surface area contributed by atoms with Crippen molar-refractivity contribution in [1.29, 1.82) is 0 Å². The Bertz CT molecular complexity index is 337. The molecule has 1 aromatic heterocycles. The van der Waals surface area contributed by atoms with Crippen LogP contribution in [-0.4, -0.2) is 12.7 Å². The van der Waals surface area contributed by atoms with Crippen molar-refractivity contribution in [1.82, 2.24) is 0 Å². The van der Waals surface area contributed by atoms with Crippen LogP contribution in [0.3, 0.4) is 0 Å². The molecule has 86 valence electrons. The highest BCUT2D eigenvalue weighted by atomic mass is 16.5. The van der Waals surface area contributed by atoms with E-state index in [9.17, 15) is 0 Å². The van der Waals surface area contributed by atoms with Gasteiger partial charge in [0.15, 0.2) is 5.76 Å². The molecule has 1 aliphatic carbocycles. The first-order chi connectivity index (χ1) is 7.95. The molecule has 1 saturated carbocycles. The minimum atomic E-state index is 0.485. The number of rotatable bonds is 3. The van der Waals surface area contributed by atoms with E-state index in [1.807, 2.05) is 12.1 Å². The van der Waals surface area contributed by atoms with E-state index in [1.165, 1.54) is 32.1 Å². The molecule has 0 aromatic carbocycles. The highest BCUT2D eigenvalue weighted by Crippen LogP contribution is 2.20. The molecule has 0 atom stereocenters. The fourth-order valence-corrected chi connectivity index (χ4v) is 2.01. The maximum Gasteiger partial charge on any atom is 0.176 e. The minimum absolute atomic E-state index is 0.485. The molecule has 2 rings (SSSR count). The van der Waals surface area contributed by atoms with Crippen LogP contribution in [0.5, 0.6) is 0 Å². The van der Waals surface area contributed by atoms with E-state index in [4.69, 9.17) is 9.15 Å². The summed E-state index contributed by atoms with van der Waals surface area (Å²) in [6.45, 7) is 0.748. The lowest BCUT2D eigenvalue weighted by Crippen LogP contribution is -2.16. The molecule has 2 heteroatoms. The summed E-state index contributed by atoms with van der Waals surface area (Å²) >= 11 is 0. The number of ether oxygens (including phenoxy) is 1. The second kappa shape index (κ2) is 6.40. The van der Waals surface area contributed by atoms with Gasteiger partial charge in [-0.1, -0.05) is 25.2 Å². The summed E-state index contributed by atoms with van der Waals surface area (Å²) in [4.78, 5) is 0. The van der Waals surface area contributed by atoms with Crippen LogP contribution >= 0.6 is 0 Å². The van der Waals surface area contributed by atoms with Crippen LogP contribution < -0.4 is 0 Å². The van der Waals surface area contributed by atoms with E-state index in [2.05, 4.69) is 11.8 Å². The van der Waals surface area contributed by atoms with E-state index in [0.29, 0.717) is 6.10 Å². The molecule has 0 bridgehead atoms. The fourth-order valence-electron chi connectivity index (χ4n) is 2.01. The molecule has 1 aromatic rings. The molecule has 16 heavy (non-hydrogen) atoms. The van der Waals surface area contributed by atoms with Crippen molar-refractivity contribution < 1.29 is 9.15 Å². The summed E-state index contributed by atoms with van der Waals surface area (Å²) in [6.07, 6.45) is 9.39. The lowest BCUT2D eigenvalue weighted by atomic mass is 9.98. The van der Waals surface area contributed by atoms with E-state index in [0.717, 1.165) is 18.8 Å². The summed E-state index contributed by atoms with van der Waals surface area (Å²) < 4.78 is 10.9. The van der Waals surface area contributed by atoms with Gasteiger partial charge in [0.1, 0.15) is 0 Å². The third kappa shape index (κ3) is 3.75. The first-order valence-electron chi connectivity index (χ1n) is 6.09. The maximum atomic E-state index is 5.77. The molecule has 1 heterocycles. The zero-order valence-corrected chi connectivity index (χ0v) is 9.58. The molecule has 0 N–H and O–H groups in total. The summed E-state index contributed by atoms with van der Waals surface area (Å²) in [5, 5.41) is 0. The van der Waals surface area contributed by atoms with Crippen LogP contribution in [0.2, 0.25) is 0 Å². The first kappa shape index (κ1) is 11.3. The van der Waals surface area contributed by atoms with Crippen LogP contribution in [0.1, 0.15) is 44.3 Å². The quantitative estimate of drug-likeness (QED) is 0.573. The standard InChI is InChI=1S/C14H18O2/c1-2-7-13(8-3-1)15-11-5-4-9-14-10-6-12-16-14/h6,10,12-13H,1-3,5,7-8,11H2. The molecule has 0 spiro atoms. The third-order valence-corrected chi connectivity index (χ3v) is 2.87. The van der Waals surface area contributed by atoms with Gasteiger partial charge in [0, 0.05) is 6.42 Å². The van der Waals surface area contributed by atoms with Crippen LogP contribution in [0.15, 0.2) is 22.8 Å². The molecular formula is C14H18O2. The van der Waals surface area contributed by atoms with Crippen molar-refractivity contribution in [2.45, 2.75) is 44.6 Å². The summed E-state index contributed by atoms with van der Waals surface area (Å²) in [5.41, 5.74) is 0. The molecule has 1 fully saturated rings. The van der Waals surface area contributed by atoms with Gasteiger partial charge in [-0.2, -0.15) is 0 Å². The van der Waals surface area contributed by atoms with E-state index < -0.39 is 0 Å². The molecule has 0 unspecified atom stereocenters. The van der Waals surface area contributed by atoms with Gasteiger partial charge in [0.25, 0.3) is 0 Å². The Morgan fingerprint density at radius 2 is 2.19 bits per heavy atom. The van der Waals surface area contributed by atoms with Crippen LogP contribution in [0.4, 0.5) is 0 Å². The highest BCUT2D eigenvalue weighted by molar-refractivity contribution is 5.23. The van der Waals surface area contributed by atoms with Gasteiger partial charge < -0.3 is 9.15 Å². The molecule has 0 saturated heterocycles. The first-order valence-corrected chi connectivity index (χ1v) is 6.09. The van der Waals surface area contributed by atoms with Gasteiger partial charge in [-0.3, -0.25) is 0 Å². The average molecular weight is 218 g/mol. The lowest BCUT2D eigenvalue weighted by Gasteiger charge is -2.21. The monoisotopic (exact) mass is 218 g/mol. The number of hydrogen-bond donors (Lipinski definition) is 0. The van der Waals surface area contributed by atoms with Gasteiger partial charge >= 0.3 is 0 Å². The Labute approximate surface area is 97.0 Å². The lowest BCUT2D eigenvalue weighted by molar-refractivity contribution is 0.0320. The Hall–Kier alpha value is -1.20. The van der Waals surface area contributed by atoms with Gasteiger partial charge in [0.2, 0.25) is 0 Å². The molecule has 0 aliphatic heterocycles. The van der Waals surface area contributed by atoms with Crippen LogP contribution in [0.25, 0.3) is 0 Å². The van der Waals surface area contributed by atoms with Gasteiger partial charge in [-0.05, 0) is 30.9 Å². The summed E-state index contributed by atoms with van der Waals surface area (Å²) in [5.74, 6) is 6.76. The SMILES string of the molecule is C(#Cc1ccco1)CCOC1CCCCC1. The Morgan fingerprint density at radius 3 is 2.94 bits per heavy atom. The minimum Gasteiger partial charge on any atom is -0.456 e. The van der Waals surface area contributed by atoms with E-state index >= 15 is 0 Å². The topological polar surface area (TPSA) is 22.4 Å². The van der Waals surface area contributed by atoms with Crippen LogP contribution in [0, 0.1) is 11.8 Å².